The van der Waals surface area contributed by atoms with Crippen LogP contribution in [-0.4, -0.2) is 51.7 Å². The van der Waals surface area contributed by atoms with Gasteiger partial charge in [-0.15, -0.1) is 0 Å². The van der Waals surface area contributed by atoms with Gasteiger partial charge in [-0.3, -0.25) is 4.79 Å². The van der Waals surface area contributed by atoms with Crippen molar-refractivity contribution < 1.29 is 22.7 Å². The molecule has 0 saturated carbocycles. The van der Waals surface area contributed by atoms with Crippen molar-refractivity contribution in [3.63, 3.8) is 0 Å². The minimum atomic E-state index is -4.20. The van der Waals surface area contributed by atoms with E-state index in [9.17, 15) is 18.3 Å². The van der Waals surface area contributed by atoms with Crippen LogP contribution in [0.15, 0.2) is 12.1 Å². The highest BCUT2D eigenvalue weighted by atomic mass is 32.2. The largest absolute Gasteiger partial charge is 0.506 e. The molecule has 0 radical (unpaired) electrons. The van der Waals surface area contributed by atoms with Crippen molar-refractivity contribution in [1.82, 2.24) is 10.0 Å². The lowest BCUT2D eigenvalue weighted by molar-refractivity contribution is -0.117. The first-order chi connectivity index (χ1) is 12.7. The number of hydrogen-bond donors (Lipinski definition) is 3. The molecule has 2 aliphatic heterocycles. The van der Waals surface area contributed by atoms with Crippen LogP contribution in [0.2, 0.25) is 0 Å². The van der Waals surface area contributed by atoms with E-state index in [1.54, 1.807) is 4.72 Å². The third-order valence-electron chi connectivity index (χ3n) is 4.83. The summed E-state index contributed by atoms with van der Waals surface area (Å²) in [5.74, 6) is -1.54. The van der Waals surface area contributed by atoms with Gasteiger partial charge in [-0.2, -0.15) is 8.42 Å². The number of benzene rings is 1. The lowest BCUT2D eigenvalue weighted by Crippen LogP contribution is -2.34. The highest BCUT2D eigenvalue weighted by Crippen LogP contribution is 2.39. The van der Waals surface area contributed by atoms with Crippen LogP contribution in [0.5, 0.6) is 5.75 Å². The second-order valence-electron chi connectivity index (χ2n) is 7.37. The monoisotopic (exact) mass is 400 g/mol. The molecule has 0 aliphatic carbocycles. The molecule has 150 valence electrons. The quantitative estimate of drug-likeness (QED) is 0.657. The van der Waals surface area contributed by atoms with Crippen LogP contribution < -0.4 is 19.2 Å². The van der Waals surface area contributed by atoms with Crippen molar-refractivity contribution >= 4 is 27.5 Å². The summed E-state index contributed by atoms with van der Waals surface area (Å²) in [7, 11) is -4.20. The topological polar surface area (TPSA) is 102 Å². The van der Waals surface area contributed by atoms with Gasteiger partial charge < -0.3 is 15.3 Å². The number of amides is 1. The molecule has 8 nitrogen and oxygen atoms in total. The normalized spacial score (nSPS) is 21.9. The second kappa shape index (κ2) is 7.51. The highest BCUT2D eigenvalue weighted by molar-refractivity contribution is 7.92. The molecule has 2 saturated heterocycles. The Bertz CT molecular complexity index is 830. The third-order valence-corrected chi connectivity index (χ3v) is 6.21. The fraction of sp³-hybridized carbons (Fsp3) is 0.588. The van der Waals surface area contributed by atoms with E-state index in [0.29, 0.717) is 23.3 Å². The summed E-state index contributed by atoms with van der Waals surface area (Å²) in [6, 6.07) is 2.91. The Balaban J connectivity index is 1.79. The number of rotatable bonds is 6. The van der Waals surface area contributed by atoms with Crippen LogP contribution in [-0.2, 0) is 15.0 Å². The van der Waals surface area contributed by atoms with Crippen LogP contribution in [0.1, 0.15) is 26.7 Å². The average molecular weight is 400 g/mol. The Kier molecular flexibility index (Phi) is 5.48. The fourth-order valence-electron chi connectivity index (χ4n) is 3.39. The zero-order valence-corrected chi connectivity index (χ0v) is 16.2. The number of nitrogens with zero attached hydrogens (tertiary/aromatic N) is 2. The van der Waals surface area contributed by atoms with Gasteiger partial charge >= 0.3 is 10.2 Å². The number of halogens is 1. The number of nitrogens with one attached hydrogen (secondary N) is 2. The summed E-state index contributed by atoms with van der Waals surface area (Å²) in [6.45, 7) is 5.84. The maximum absolute atomic E-state index is 15.1. The average Bonchev–Trinajstić information content (AvgIpc) is 3.11. The number of phenolic OH excluding ortho intramolecular Hbond substituents is 1. The minimum absolute atomic E-state index is 0.213. The molecule has 2 heterocycles. The Hall–Kier alpha value is -2.07. The predicted molar refractivity (Wildman–Crippen MR) is 101 cm³/mol. The SMILES string of the molecule is CC(C)CCNC1CCN(c2ccc(O)c(N3CC(=O)NS3(=O)=O)c2F)C1. The summed E-state index contributed by atoms with van der Waals surface area (Å²) in [5.41, 5.74) is -0.285. The summed E-state index contributed by atoms with van der Waals surface area (Å²) < 4.78 is 41.5. The van der Waals surface area contributed by atoms with Crippen molar-refractivity contribution in [2.45, 2.75) is 32.7 Å². The molecule has 1 aromatic rings. The van der Waals surface area contributed by atoms with Gasteiger partial charge in [-0.25, -0.2) is 13.4 Å². The van der Waals surface area contributed by atoms with Crippen molar-refractivity contribution in [2.24, 2.45) is 5.92 Å². The lowest BCUT2D eigenvalue weighted by Gasteiger charge is -2.24. The molecule has 3 N–H and O–H groups in total. The van der Waals surface area contributed by atoms with Crippen LogP contribution in [0, 0.1) is 11.7 Å². The fourth-order valence-corrected chi connectivity index (χ4v) is 4.56. The van der Waals surface area contributed by atoms with E-state index in [1.165, 1.54) is 12.1 Å². The molecule has 1 amide bonds. The highest BCUT2D eigenvalue weighted by Gasteiger charge is 2.38. The maximum Gasteiger partial charge on any atom is 0.326 e. The molecule has 27 heavy (non-hydrogen) atoms. The van der Waals surface area contributed by atoms with Gasteiger partial charge in [0.15, 0.2) is 5.82 Å². The van der Waals surface area contributed by atoms with Crippen LogP contribution in [0.25, 0.3) is 0 Å². The first kappa shape index (κ1) is 19.7. The molecule has 1 atom stereocenters. The standard InChI is InChI=1S/C17H25FN4O4S/c1-11(2)5-7-19-12-6-8-21(9-12)13-3-4-14(23)17(16(13)18)22-10-15(24)20-27(22,25)26/h3-4,11-12,19,23H,5-10H2,1-2H3,(H,20,24). The van der Waals surface area contributed by atoms with E-state index in [2.05, 4.69) is 19.2 Å². The van der Waals surface area contributed by atoms with Crippen molar-refractivity contribution in [3.8, 4) is 5.75 Å². The third kappa shape index (κ3) is 4.11. The maximum atomic E-state index is 15.1. The van der Waals surface area contributed by atoms with Gasteiger partial charge in [0.25, 0.3) is 5.91 Å². The van der Waals surface area contributed by atoms with E-state index in [4.69, 9.17) is 0 Å². The Morgan fingerprint density at radius 3 is 2.78 bits per heavy atom. The van der Waals surface area contributed by atoms with Gasteiger partial charge in [0.05, 0.1) is 5.69 Å². The Labute approximate surface area is 158 Å². The summed E-state index contributed by atoms with van der Waals surface area (Å²) in [4.78, 5) is 13.3. The molecular formula is C17H25FN4O4S. The van der Waals surface area contributed by atoms with Crippen LogP contribution >= 0.6 is 0 Å². The molecule has 1 aromatic carbocycles. The number of carbonyl (C=O) groups is 1. The number of anilines is 2. The smallest absolute Gasteiger partial charge is 0.326 e. The van der Waals surface area contributed by atoms with E-state index in [1.807, 2.05) is 4.90 Å². The van der Waals surface area contributed by atoms with Crippen molar-refractivity contribution in [1.29, 1.82) is 0 Å². The molecule has 10 heteroatoms. The van der Waals surface area contributed by atoms with Crippen LogP contribution in [0.4, 0.5) is 15.8 Å². The van der Waals surface area contributed by atoms with E-state index < -0.39 is 39.9 Å². The molecule has 1 unspecified atom stereocenters. The first-order valence-corrected chi connectivity index (χ1v) is 10.5. The molecule has 0 bridgehead atoms. The zero-order valence-electron chi connectivity index (χ0n) is 15.4. The number of hydrogen-bond acceptors (Lipinski definition) is 6. The van der Waals surface area contributed by atoms with E-state index >= 15 is 4.39 Å². The van der Waals surface area contributed by atoms with Gasteiger partial charge in [-0.05, 0) is 37.4 Å². The molecule has 0 aromatic heterocycles. The predicted octanol–water partition coefficient (Wildman–Crippen LogP) is 0.927. The van der Waals surface area contributed by atoms with Gasteiger partial charge in [0.1, 0.15) is 18.0 Å². The number of aromatic hydroxyl groups is 1. The van der Waals surface area contributed by atoms with Crippen LogP contribution in [0.3, 0.4) is 0 Å². The van der Waals surface area contributed by atoms with E-state index in [-0.39, 0.29) is 11.7 Å². The van der Waals surface area contributed by atoms with Crippen molar-refractivity contribution in [3.05, 3.63) is 17.9 Å². The molecule has 2 aliphatic rings. The van der Waals surface area contributed by atoms with Gasteiger partial charge in [-0.1, -0.05) is 13.8 Å². The van der Waals surface area contributed by atoms with Crippen molar-refractivity contribution in [2.75, 3.05) is 35.4 Å². The summed E-state index contributed by atoms with van der Waals surface area (Å²) in [5, 5.41) is 13.5. The number of carbonyl (C=O) groups excluding carboxylic acids is 1. The molecule has 2 fully saturated rings. The van der Waals surface area contributed by atoms with Gasteiger partial charge in [0.2, 0.25) is 0 Å². The minimum Gasteiger partial charge on any atom is -0.506 e. The lowest BCUT2D eigenvalue weighted by atomic mass is 10.1. The number of phenols is 1. The summed E-state index contributed by atoms with van der Waals surface area (Å²) >= 11 is 0. The van der Waals surface area contributed by atoms with Gasteiger partial charge in [0, 0.05) is 19.1 Å². The molecular weight excluding hydrogens is 375 g/mol. The summed E-state index contributed by atoms with van der Waals surface area (Å²) in [6.07, 6.45) is 1.90. The Morgan fingerprint density at radius 1 is 1.41 bits per heavy atom. The molecule has 0 spiro atoms. The Morgan fingerprint density at radius 2 is 2.15 bits per heavy atom. The zero-order chi connectivity index (χ0) is 19.8. The van der Waals surface area contributed by atoms with E-state index in [0.717, 1.165) is 19.4 Å². The second-order valence-corrected chi connectivity index (χ2v) is 8.97. The molecule has 3 rings (SSSR count). The first-order valence-electron chi connectivity index (χ1n) is 9.02.